The van der Waals surface area contributed by atoms with Gasteiger partial charge in [-0.15, -0.1) is 38.9 Å². The smallest absolute Gasteiger partial charge is 0.0956 e. The number of allylic oxidation sites excluding steroid dienone is 4. The van der Waals surface area contributed by atoms with E-state index >= 15 is 0 Å². The highest BCUT2D eigenvalue weighted by molar-refractivity contribution is 7.84. The van der Waals surface area contributed by atoms with E-state index in [0.717, 1.165) is 48.7 Å². The largest absolute Gasteiger partial charge is 0.382 e. The number of nitrogens with two attached hydrogens (primary N) is 2. The minimum Gasteiger partial charge on any atom is -0.382 e. The molecule has 0 fully saturated rings. The molecule has 39 heavy (non-hydrogen) atoms. The lowest BCUT2D eigenvalue weighted by Gasteiger charge is -2.28. The van der Waals surface area contributed by atoms with Gasteiger partial charge in [0.25, 0.3) is 0 Å². The fraction of sp³-hybridized carbons (Fsp3) is 0.515. The summed E-state index contributed by atoms with van der Waals surface area (Å²) in [5, 5.41) is 7.02. The van der Waals surface area contributed by atoms with Gasteiger partial charge in [0.05, 0.1) is 6.17 Å². The molecule has 0 amide bonds. The van der Waals surface area contributed by atoms with Gasteiger partial charge < -0.3 is 27.0 Å². The molecule has 0 radical (unpaired) electrons. The highest BCUT2D eigenvalue weighted by atomic mass is 32.1. The predicted octanol–water partition coefficient (Wildman–Crippen LogP) is 7.62. The predicted molar refractivity (Wildman–Crippen MR) is 185 cm³/mol. The Labute approximate surface area is 249 Å². The van der Waals surface area contributed by atoms with E-state index in [-0.39, 0.29) is 6.17 Å². The van der Waals surface area contributed by atoms with E-state index in [1.54, 1.807) is 0 Å². The molecule has 0 aliphatic carbocycles. The molecule has 0 aromatic rings. The van der Waals surface area contributed by atoms with Gasteiger partial charge in [0.15, 0.2) is 0 Å². The number of rotatable bonds is 12. The highest BCUT2D eigenvalue weighted by Gasteiger charge is 2.18. The van der Waals surface area contributed by atoms with E-state index in [1.807, 2.05) is 26.0 Å². The van der Waals surface area contributed by atoms with Crippen molar-refractivity contribution < 1.29 is 0 Å². The van der Waals surface area contributed by atoms with Crippen LogP contribution in [0.5, 0.6) is 0 Å². The maximum atomic E-state index is 6.14. The van der Waals surface area contributed by atoms with Crippen molar-refractivity contribution in [3.63, 3.8) is 0 Å². The Balaban J connectivity index is -0.000000397. The Morgan fingerprint density at radius 3 is 2.08 bits per heavy atom. The standard InChI is InChI=1S/C21H39N5.C6H10S.C2H6.2C2H4/c1-7-18(8-2)25-20-13-21(23)24-16(5)19(20)12-15(4)17(10-11-22)14-26(6)9-3;1-3-4-5-6(2)7;3*1-2/h10,12-13,18,21,24-25H,7-9,11,14,22-23H2,1-6H3;4-5,7H,2-3H2,1H3;1-2H3;2*1-2H2/b15-12+,17-10+;5-4-;;;. The Hall–Kier alpha value is -2.25. The lowest BCUT2D eigenvalue weighted by atomic mass is 9.97. The van der Waals surface area contributed by atoms with Crippen LogP contribution in [-0.4, -0.2) is 43.8 Å². The van der Waals surface area contributed by atoms with Crippen LogP contribution < -0.4 is 22.1 Å². The number of hydrogen-bond acceptors (Lipinski definition) is 6. The first kappa shape index (κ1) is 43.8. The summed E-state index contributed by atoms with van der Waals surface area (Å²) in [6.45, 7) is 34.9. The summed E-state index contributed by atoms with van der Waals surface area (Å²) in [6.07, 6.45) is 13.4. The zero-order chi connectivity index (χ0) is 31.4. The first-order valence-corrected chi connectivity index (χ1v) is 14.6. The number of hydrogen-bond donors (Lipinski definition) is 5. The van der Waals surface area contributed by atoms with Crippen LogP contribution in [0.25, 0.3) is 0 Å². The molecule has 1 aliphatic rings. The molecule has 0 aromatic carbocycles. The molecule has 0 aromatic heterocycles. The van der Waals surface area contributed by atoms with Gasteiger partial charge in [0.2, 0.25) is 0 Å². The topological polar surface area (TPSA) is 79.3 Å². The molecule has 0 saturated carbocycles. The molecule has 5 nitrogen and oxygen atoms in total. The minimum atomic E-state index is -0.158. The molecule has 1 aliphatic heterocycles. The van der Waals surface area contributed by atoms with Crippen LogP contribution in [-0.2, 0) is 0 Å². The van der Waals surface area contributed by atoms with Gasteiger partial charge in [-0.1, -0.05) is 66.3 Å². The van der Waals surface area contributed by atoms with Crippen LogP contribution in [0.15, 0.2) is 96.3 Å². The van der Waals surface area contributed by atoms with Crippen LogP contribution in [0.4, 0.5) is 0 Å². The van der Waals surface area contributed by atoms with Crippen molar-refractivity contribution in [2.24, 2.45) is 11.5 Å². The first-order chi connectivity index (χ1) is 18.6. The second-order valence-electron chi connectivity index (χ2n) is 8.37. The van der Waals surface area contributed by atoms with Gasteiger partial charge in [-0.2, -0.15) is 0 Å². The van der Waals surface area contributed by atoms with Crippen molar-refractivity contribution in [1.29, 1.82) is 0 Å². The second kappa shape index (κ2) is 30.3. The monoisotopic (exact) mass is 561 g/mol. The van der Waals surface area contributed by atoms with Crippen LogP contribution >= 0.6 is 12.6 Å². The van der Waals surface area contributed by atoms with Crippen molar-refractivity contribution in [1.82, 2.24) is 15.5 Å². The van der Waals surface area contributed by atoms with E-state index in [2.05, 4.69) is 128 Å². The molecular formula is C33H63N5S. The zero-order valence-corrected chi connectivity index (χ0v) is 27.8. The molecule has 1 heterocycles. The third-order valence-electron chi connectivity index (χ3n) is 5.53. The number of nitrogens with one attached hydrogen (secondary N) is 2. The summed E-state index contributed by atoms with van der Waals surface area (Å²) in [5.74, 6) is 0. The van der Waals surface area contributed by atoms with Crippen LogP contribution in [0.2, 0.25) is 0 Å². The summed E-state index contributed by atoms with van der Waals surface area (Å²) in [5.41, 5.74) is 17.9. The molecule has 0 bridgehead atoms. The highest BCUT2D eigenvalue weighted by Crippen LogP contribution is 2.23. The van der Waals surface area contributed by atoms with Crippen molar-refractivity contribution in [2.45, 2.75) is 86.9 Å². The minimum absolute atomic E-state index is 0.158. The van der Waals surface area contributed by atoms with E-state index in [0.29, 0.717) is 12.6 Å². The van der Waals surface area contributed by atoms with Crippen LogP contribution in [0, 0.1) is 0 Å². The SMILES string of the molecule is C=C.C=C.C=C(S)/C=C\CC.CC.CCC(CC)NC1=CC(N)NC(C)=C1/C=C(C)/C(=C/CN)CN(C)CC. The average molecular weight is 562 g/mol. The van der Waals surface area contributed by atoms with E-state index in [4.69, 9.17) is 11.5 Å². The molecule has 1 rings (SSSR count). The Bertz CT molecular complexity index is 771. The summed E-state index contributed by atoms with van der Waals surface area (Å²) in [7, 11) is 2.13. The summed E-state index contributed by atoms with van der Waals surface area (Å²) in [6, 6.07) is 0.452. The van der Waals surface area contributed by atoms with Gasteiger partial charge in [-0.3, -0.25) is 0 Å². The summed E-state index contributed by atoms with van der Waals surface area (Å²) < 4.78 is 0. The lowest BCUT2D eigenvalue weighted by Crippen LogP contribution is -2.41. The molecule has 1 atom stereocenters. The lowest BCUT2D eigenvalue weighted by molar-refractivity contribution is 0.384. The average Bonchev–Trinajstić information content (AvgIpc) is 2.95. The zero-order valence-electron chi connectivity index (χ0n) is 26.9. The Kier molecular flexibility index (Phi) is 34.0. The van der Waals surface area contributed by atoms with E-state index < -0.39 is 0 Å². The van der Waals surface area contributed by atoms with Crippen molar-refractivity contribution >= 4 is 12.6 Å². The number of nitrogens with zero attached hydrogens (tertiary/aromatic N) is 1. The van der Waals surface area contributed by atoms with Crippen molar-refractivity contribution in [2.75, 3.05) is 26.7 Å². The molecule has 6 N–H and O–H groups in total. The quantitative estimate of drug-likeness (QED) is 0.0962. The summed E-state index contributed by atoms with van der Waals surface area (Å²) in [4.78, 5) is 3.11. The maximum Gasteiger partial charge on any atom is 0.0956 e. The molecule has 0 spiro atoms. The molecular weight excluding hydrogens is 498 g/mol. The maximum absolute atomic E-state index is 6.14. The van der Waals surface area contributed by atoms with Gasteiger partial charge in [0.1, 0.15) is 0 Å². The number of likely N-dealkylation sites (N-methyl/N-ethyl adjacent to an activating group) is 1. The Morgan fingerprint density at radius 2 is 1.69 bits per heavy atom. The van der Waals surface area contributed by atoms with Crippen molar-refractivity contribution in [3.05, 3.63) is 96.3 Å². The van der Waals surface area contributed by atoms with Gasteiger partial charge in [-0.25, -0.2) is 0 Å². The normalized spacial score (nSPS) is 14.9. The van der Waals surface area contributed by atoms with E-state index in [9.17, 15) is 0 Å². The number of thiol groups is 1. The van der Waals surface area contributed by atoms with Gasteiger partial charge in [0, 0.05) is 36.1 Å². The third kappa shape index (κ3) is 22.3. The molecule has 0 saturated heterocycles. The first-order valence-electron chi connectivity index (χ1n) is 14.2. The fourth-order valence-electron chi connectivity index (χ4n) is 3.32. The molecule has 6 heteroatoms. The number of dihydropyridines is 1. The summed E-state index contributed by atoms with van der Waals surface area (Å²) >= 11 is 3.95. The van der Waals surface area contributed by atoms with E-state index in [1.165, 1.54) is 16.7 Å². The van der Waals surface area contributed by atoms with Crippen molar-refractivity contribution in [3.8, 4) is 0 Å². The molecule has 226 valence electrons. The van der Waals surface area contributed by atoms with Gasteiger partial charge in [-0.05, 0) is 74.9 Å². The molecule has 1 unspecified atom stereocenters. The second-order valence-corrected chi connectivity index (χ2v) is 8.95. The third-order valence-corrected chi connectivity index (χ3v) is 5.68. The Morgan fingerprint density at radius 1 is 1.15 bits per heavy atom. The van der Waals surface area contributed by atoms with Gasteiger partial charge >= 0.3 is 0 Å². The van der Waals surface area contributed by atoms with Crippen LogP contribution in [0.3, 0.4) is 0 Å². The van der Waals surface area contributed by atoms with Crippen LogP contribution in [0.1, 0.15) is 74.7 Å². The fourth-order valence-corrected chi connectivity index (χ4v) is 3.43.